The van der Waals surface area contributed by atoms with E-state index in [1.165, 1.54) is 54.1 Å². The second kappa shape index (κ2) is 11.4. The average molecular weight is 643 g/mol. The Hall–Kier alpha value is -3.90. The number of ether oxygens (including phenoxy) is 1. The Kier molecular flexibility index (Phi) is 7.67. The van der Waals surface area contributed by atoms with Gasteiger partial charge in [-0.3, -0.25) is 14.5 Å². The summed E-state index contributed by atoms with van der Waals surface area (Å²) in [7, 11) is 1.48. The molecule has 42 heavy (non-hydrogen) atoms. The minimum atomic E-state index is -1.13. The van der Waals surface area contributed by atoms with E-state index < -0.39 is 29.3 Å². The molecule has 0 spiro atoms. The molecule has 3 heterocycles. The topological polar surface area (TPSA) is 106 Å². The van der Waals surface area contributed by atoms with Crippen LogP contribution in [0.3, 0.4) is 0 Å². The Balaban J connectivity index is 1.36. The van der Waals surface area contributed by atoms with Gasteiger partial charge in [-0.05, 0) is 47.5 Å². The maximum atomic E-state index is 13.9. The van der Waals surface area contributed by atoms with Crippen LogP contribution in [0.5, 0.6) is 5.75 Å². The summed E-state index contributed by atoms with van der Waals surface area (Å²) in [6.45, 7) is 0. The number of hydrogen-bond acceptors (Lipinski definition) is 9. The molecule has 1 N–H and O–H groups in total. The van der Waals surface area contributed by atoms with E-state index in [2.05, 4.69) is 10.2 Å². The Labute approximate surface area is 256 Å². The summed E-state index contributed by atoms with van der Waals surface area (Å²) >= 11 is 14.7. The fourth-order valence-corrected chi connectivity index (χ4v) is 7.00. The Morgan fingerprint density at radius 1 is 1.14 bits per heavy atom. The number of furan rings is 1. The number of amides is 1. The van der Waals surface area contributed by atoms with Gasteiger partial charge < -0.3 is 14.3 Å². The molecule has 1 aliphatic heterocycles. The summed E-state index contributed by atoms with van der Waals surface area (Å²) in [5, 5.41) is 21.2. The largest absolute Gasteiger partial charge is 0.503 e. The molecule has 0 saturated heterocycles. The Morgan fingerprint density at radius 3 is 2.67 bits per heavy atom. The molecule has 1 amide bonds. The van der Waals surface area contributed by atoms with Crippen molar-refractivity contribution in [3.63, 3.8) is 0 Å². The Bertz CT molecular complexity index is 1890. The highest BCUT2D eigenvalue weighted by molar-refractivity contribution is 8.00. The predicted molar refractivity (Wildman–Crippen MR) is 159 cm³/mol. The van der Waals surface area contributed by atoms with E-state index in [1.807, 2.05) is 6.07 Å². The first-order valence-corrected chi connectivity index (χ1v) is 14.8. The van der Waals surface area contributed by atoms with Crippen LogP contribution in [-0.2, 0) is 10.5 Å². The lowest BCUT2D eigenvalue weighted by Gasteiger charge is -2.23. The summed E-state index contributed by atoms with van der Waals surface area (Å²) in [6, 6.07) is 16.0. The maximum absolute atomic E-state index is 13.9. The van der Waals surface area contributed by atoms with Gasteiger partial charge in [-0.25, -0.2) is 4.39 Å². The lowest BCUT2D eigenvalue weighted by Crippen LogP contribution is -2.31. The molecule has 2 aromatic heterocycles. The summed E-state index contributed by atoms with van der Waals surface area (Å²) in [5.74, 6) is -2.06. The van der Waals surface area contributed by atoms with E-state index >= 15 is 0 Å². The highest BCUT2D eigenvalue weighted by atomic mass is 35.5. The summed E-state index contributed by atoms with van der Waals surface area (Å²) in [4.78, 5) is 28.5. The number of hydrogen-bond donors (Lipinski definition) is 1. The zero-order chi connectivity index (χ0) is 29.5. The number of fused-ring (bicyclic) bond motifs is 1. The molecular formula is C29H18Cl2FN3O5S2. The van der Waals surface area contributed by atoms with E-state index in [-0.39, 0.29) is 16.5 Å². The van der Waals surface area contributed by atoms with E-state index in [0.717, 1.165) is 16.9 Å². The third kappa shape index (κ3) is 5.13. The SMILES string of the molecule is COc1cccc2cc(C(=O)C3=C(O)C(=O)N(c4nnc(SCc5ccc(Cl)cc5Cl)s4)C3c3ccc(F)cc3)oc12. The Morgan fingerprint density at radius 2 is 1.93 bits per heavy atom. The number of benzene rings is 3. The molecule has 6 rings (SSSR count). The molecular weight excluding hydrogens is 624 g/mol. The summed E-state index contributed by atoms with van der Waals surface area (Å²) in [6.07, 6.45) is 0. The number of rotatable bonds is 8. The molecule has 1 atom stereocenters. The number of nitrogens with zero attached hydrogens (tertiary/aromatic N) is 3. The van der Waals surface area contributed by atoms with Gasteiger partial charge in [-0.2, -0.15) is 0 Å². The normalized spacial score (nSPS) is 15.2. The molecule has 1 aliphatic rings. The quantitative estimate of drug-likeness (QED) is 0.104. The van der Waals surface area contributed by atoms with E-state index in [1.54, 1.807) is 30.3 Å². The monoisotopic (exact) mass is 641 g/mol. The van der Waals surface area contributed by atoms with Gasteiger partial charge in [0.05, 0.1) is 18.7 Å². The van der Waals surface area contributed by atoms with Crippen molar-refractivity contribution < 1.29 is 28.2 Å². The van der Waals surface area contributed by atoms with E-state index in [4.69, 9.17) is 32.4 Å². The molecule has 0 bridgehead atoms. The molecule has 8 nitrogen and oxygen atoms in total. The number of para-hydroxylation sites is 1. The molecule has 0 fully saturated rings. The number of carbonyl (C=O) groups excluding carboxylic acids is 2. The van der Waals surface area contributed by atoms with E-state index in [9.17, 15) is 19.1 Å². The highest BCUT2D eigenvalue weighted by Gasteiger charge is 2.47. The minimum Gasteiger partial charge on any atom is -0.503 e. The second-order valence-corrected chi connectivity index (χ2v) is 12.1. The van der Waals surface area contributed by atoms with Crippen molar-refractivity contribution in [3.05, 3.63) is 111 Å². The van der Waals surface area contributed by atoms with Gasteiger partial charge in [0.1, 0.15) is 5.82 Å². The highest BCUT2D eigenvalue weighted by Crippen LogP contribution is 2.44. The fourth-order valence-electron chi connectivity index (χ4n) is 4.57. The van der Waals surface area contributed by atoms with Gasteiger partial charge >= 0.3 is 0 Å². The van der Waals surface area contributed by atoms with Crippen molar-refractivity contribution in [2.24, 2.45) is 0 Å². The number of carbonyl (C=O) groups is 2. The number of aromatic nitrogens is 2. The van der Waals surface area contributed by atoms with Crippen molar-refractivity contribution in [2.75, 3.05) is 12.0 Å². The number of anilines is 1. The van der Waals surface area contributed by atoms with E-state index in [0.29, 0.717) is 42.4 Å². The third-order valence-corrected chi connectivity index (χ3v) is 9.25. The van der Waals surface area contributed by atoms with Gasteiger partial charge in [0.25, 0.3) is 5.91 Å². The molecule has 5 aromatic rings. The van der Waals surface area contributed by atoms with Crippen LogP contribution < -0.4 is 9.64 Å². The molecule has 212 valence electrons. The first kappa shape index (κ1) is 28.2. The van der Waals surface area contributed by atoms with Crippen LogP contribution in [0.25, 0.3) is 11.0 Å². The van der Waals surface area contributed by atoms with Crippen molar-refractivity contribution in [3.8, 4) is 5.75 Å². The molecule has 0 aliphatic carbocycles. The smallest absolute Gasteiger partial charge is 0.296 e. The van der Waals surface area contributed by atoms with Crippen molar-refractivity contribution in [2.45, 2.75) is 16.1 Å². The number of ketones is 1. The second-order valence-electron chi connectivity index (χ2n) is 9.08. The number of Topliss-reactive ketones (excluding diaryl/α,β-unsaturated/α-hetero) is 1. The fraction of sp³-hybridized carbons (Fsp3) is 0.103. The molecule has 3 aromatic carbocycles. The molecule has 0 radical (unpaired) electrons. The number of aliphatic hydroxyl groups excluding tert-OH is 1. The first-order valence-electron chi connectivity index (χ1n) is 12.3. The zero-order valence-electron chi connectivity index (χ0n) is 21.5. The molecule has 13 heteroatoms. The third-order valence-electron chi connectivity index (χ3n) is 6.56. The van der Waals surface area contributed by atoms with Crippen LogP contribution in [0.1, 0.15) is 27.7 Å². The standard InChI is InChI=1S/C29H18Cl2FN3O5S2/c1-39-20-4-2-3-15-11-21(40-26(15)20)24(36)22-23(14-6-9-18(32)10-7-14)35(27(38)25(22)37)28-33-34-29(42-28)41-13-16-5-8-17(30)12-19(16)31/h2-12,23,37H,13H2,1H3. The minimum absolute atomic E-state index is 0.105. The van der Waals surface area contributed by atoms with Crippen LogP contribution >= 0.6 is 46.3 Å². The van der Waals surface area contributed by atoms with Gasteiger partial charge in [0, 0.05) is 21.2 Å². The van der Waals surface area contributed by atoms with Crippen LogP contribution in [-0.4, -0.2) is 34.1 Å². The van der Waals surface area contributed by atoms with Crippen molar-refractivity contribution in [1.82, 2.24) is 10.2 Å². The summed E-state index contributed by atoms with van der Waals surface area (Å²) < 4.78 is 25.5. The van der Waals surface area contributed by atoms with Crippen molar-refractivity contribution in [1.29, 1.82) is 0 Å². The number of methoxy groups -OCH3 is 1. The van der Waals surface area contributed by atoms with Crippen molar-refractivity contribution >= 4 is 74.1 Å². The lowest BCUT2D eigenvalue weighted by atomic mass is 9.95. The van der Waals surface area contributed by atoms with Crippen LogP contribution in [0.4, 0.5) is 9.52 Å². The predicted octanol–water partition coefficient (Wildman–Crippen LogP) is 7.81. The molecule has 0 saturated carbocycles. The average Bonchev–Trinajstić information content (AvgIpc) is 3.69. The lowest BCUT2D eigenvalue weighted by molar-refractivity contribution is -0.117. The summed E-state index contributed by atoms with van der Waals surface area (Å²) in [5.41, 5.74) is 1.32. The number of thioether (sulfide) groups is 1. The molecule has 1 unspecified atom stereocenters. The number of halogens is 3. The zero-order valence-corrected chi connectivity index (χ0v) is 24.7. The van der Waals surface area contributed by atoms with Gasteiger partial charge in [0.15, 0.2) is 27.2 Å². The van der Waals surface area contributed by atoms with Gasteiger partial charge in [-0.15, -0.1) is 10.2 Å². The first-order chi connectivity index (χ1) is 20.2. The maximum Gasteiger partial charge on any atom is 0.296 e. The number of aliphatic hydroxyl groups is 1. The van der Waals surface area contributed by atoms with Gasteiger partial charge in [-0.1, -0.05) is 76.6 Å². The van der Waals surface area contributed by atoms with Crippen LogP contribution in [0, 0.1) is 5.82 Å². The van der Waals surface area contributed by atoms with Crippen LogP contribution in [0.2, 0.25) is 10.0 Å². The van der Waals surface area contributed by atoms with Crippen LogP contribution in [0.15, 0.2) is 86.8 Å². The van der Waals surface area contributed by atoms with Gasteiger partial charge in [0.2, 0.25) is 10.9 Å².